The van der Waals surface area contributed by atoms with Crippen molar-refractivity contribution in [3.8, 4) is 5.75 Å². The summed E-state index contributed by atoms with van der Waals surface area (Å²) in [6.07, 6.45) is 5.25. The summed E-state index contributed by atoms with van der Waals surface area (Å²) in [4.78, 5) is 0. The Balaban J connectivity index is 1.95. The van der Waals surface area contributed by atoms with Crippen LogP contribution in [0.3, 0.4) is 0 Å². The molecule has 3 aromatic rings. The van der Waals surface area contributed by atoms with Crippen LogP contribution in [-0.2, 0) is 6.42 Å². The molecule has 0 bridgehead atoms. The van der Waals surface area contributed by atoms with E-state index >= 15 is 0 Å². The molecule has 1 nitrogen and oxygen atoms in total. The van der Waals surface area contributed by atoms with Crippen molar-refractivity contribution in [2.24, 2.45) is 0 Å². The molecule has 0 spiro atoms. The summed E-state index contributed by atoms with van der Waals surface area (Å²) in [6.45, 7) is 1.92. The van der Waals surface area contributed by atoms with Crippen molar-refractivity contribution in [3.63, 3.8) is 0 Å². The maximum absolute atomic E-state index is 14.7. The Bertz CT molecular complexity index is 1030. The van der Waals surface area contributed by atoms with Crippen molar-refractivity contribution >= 4 is 22.4 Å². The predicted molar refractivity (Wildman–Crippen MR) is 109 cm³/mol. The van der Waals surface area contributed by atoms with Crippen LogP contribution in [0.2, 0.25) is 0 Å². The molecule has 3 rings (SSSR count). The summed E-state index contributed by atoms with van der Waals surface area (Å²) in [5, 5.41) is 0.932. The highest BCUT2D eigenvalue weighted by atomic mass is 19.2. The lowest BCUT2D eigenvalue weighted by Crippen LogP contribution is -1.92. The number of hydrogen-bond acceptors (Lipinski definition) is 1. The molecule has 3 aromatic carbocycles. The molecule has 0 amide bonds. The summed E-state index contributed by atoms with van der Waals surface area (Å²) in [5.41, 5.74) is 0.796. The van der Waals surface area contributed by atoms with E-state index in [4.69, 9.17) is 4.74 Å². The first-order valence-corrected chi connectivity index (χ1v) is 9.07. The topological polar surface area (TPSA) is 9.23 Å². The highest BCUT2D eigenvalue weighted by Gasteiger charge is 2.14. The Labute approximate surface area is 162 Å². The summed E-state index contributed by atoms with van der Waals surface area (Å²) in [7, 11) is 1.50. The van der Waals surface area contributed by atoms with Crippen LogP contribution in [-0.4, -0.2) is 7.11 Å². The van der Waals surface area contributed by atoms with Gasteiger partial charge in [0.05, 0.1) is 7.11 Å². The van der Waals surface area contributed by atoms with E-state index in [2.05, 4.69) is 0 Å². The average Bonchev–Trinajstić information content (AvgIpc) is 2.74. The Hall–Kier alpha value is -3.01. The SMILES string of the molecule is C/C=C/CCc1ccc2cc(C(F)=C(F)c3ccc(OC)cc3)ccc2c1F. The van der Waals surface area contributed by atoms with Crippen LogP contribution in [0.1, 0.15) is 30.0 Å². The molecule has 0 aliphatic carbocycles. The molecule has 0 radical (unpaired) electrons. The van der Waals surface area contributed by atoms with Gasteiger partial charge in [-0.2, -0.15) is 0 Å². The molecule has 0 unspecified atom stereocenters. The number of hydrogen-bond donors (Lipinski definition) is 0. The van der Waals surface area contributed by atoms with Gasteiger partial charge in [-0.1, -0.05) is 36.4 Å². The van der Waals surface area contributed by atoms with E-state index in [9.17, 15) is 13.2 Å². The number of halogens is 3. The molecule has 0 fully saturated rings. The van der Waals surface area contributed by atoms with E-state index in [1.165, 1.54) is 37.4 Å². The second kappa shape index (κ2) is 8.79. The molecule has 0 heterocycles. The molecule has 144 valence electrons. The molecule has 0 aromatic heterocycles. The first-order valence-electron chi connectivity index (χ1n) is 9.07. The minimum absolute atomic E-state index is 0.0712. The van der Waals surface area contributed by atoms with Crippen LogP contribution >= 0.6 is 0 Å². The van der Waals surface area contributed by atoms with Gasteiger partial charge in [0.2, 0.25) is 0 Å². The maximum Gasteiger partial charge on any atom is 0.166 e. The van der Waals surface area contributed by atoms with Gasteiger partial charge in [-0.15, -0.1) is 0 Å². The standard InChI is InChI=1S/C24H21F3O/c1-3-4-5-6-16-7-8-18-15-19(11-14-21(18)22(16)25)24(27)23(26)17-9-12-20(28-2)13-10-17/h3-4,7-15H,5-6H2,1-2H3/b4-3+,24-23?. The molecule has 0 N–H and O–H groups in total. The quantitative estimate of drug-likeness (QED) is 0.322. The zero-order valence-corrected chi connectivity index (χ0v) is 15.8. The first kappa shape index (κ1) is 19.7. The lowest BCUT2D eigenvalue weighted by molar-refractivity contribution is 0.414. The van der Waals surface area contributed by atoms with Gasteiger partial charge in [0, 0.05) is 16.5 Å². The molecular formula is C24H21F3O. The fourth-order valence-electron chi connectivity index (χ4n) is 3.06. The zero-order valence-electron chi connectivity index (χ0n) is 15.8. The third-order valence-electron chi connectivity index (χ3n) is 4.64. The number of fused-ring (bicyclic) bond motifs is 1. The third-order valence-corrected chi connectivity index (χ3v) is 4.64. The number of ether oxygens (including phenoxy) is 1. The Kier molecular flexibility index (Phi) is 6.19. The van der Waals surface area contributed by atoms with Crippen molar-refractivity contribution in [3.05, 3.63) is 89.3 Å². The van der Waals surface area contributed by atoms with E-state index in [1.54, 1.807) is 24.3 Å². The van der Waals surface area contributed by atoms with Gasteiger partial charge in [-0.3, -0.25) is 0 Å². The van der Waals surface area contributed by atoms with Crippen molar-refractivity contribution in [2.75, 3.05) is 7.11 Å². The van der Waals surface area contributed by atoms with Crippen LogP contribution in [0.4, 0.5) is 13.2 Å². The molecular weight excluding hydrogens is 361 g/mol. The maximum atomic E-state index is 14.7. The summed E-state index contributed by atoms with van der Waals surface area (Å²) in [6, 6.07) is 13.8. The number of rotatable bonds is 6. The monoisotopic (exact) mass is 382 g/mol. The Morgan fingerprint density at radius 3 is 2.29 bits per heavy atom. The summed E-state index contributed by atoms with van der Waals surface area (Å²) < 4.78 is 49.0. The summed E-state index contributed by atoms with van der Waals surface area (Å²) >= 11 is 0. The van der Waals surface area contributed by atoms with E-state index in [0.717, 1.165) is 6.42 Å². The van der Waals surface area contributed by atoms with E-state index in [-0.39, 0.29) is 16.9 Å². The van der Waals surface area contributed by atoms with Crippen LogP contribution in [0.5, 0.6) is 5.75 Å². The zero-order chi connectivity index (χ0) is 20.1. The molecule has 0 saturated heterocycles. The van der Waals surface area contributed by atoms with Gasteiger partial charge in [-0.25, -0.2) is 13.2 Å². The number of aryl methyl sites for hydroxylation is 1. The normalized spacial score (nSPS) is 12.5. The lowest BCUT2D eigenvalue weighted by atomic mass is 10.00. The first-order chi connectivity index (χ1) is 13.5. The van der Waals surface area contributed by atoms with Gasteiger partial charge in [-0.05, 0) is 61.0 Å². The van der Waals surface area contributed by atoms with Gasteiger partial charge >= 0.3 is 0 Å². The van der Waals surface area contributed by atoms with E-state index in [0.29, 0.717) is 28.5 Å². The molecule has 0 aliphatic rings. The Morgan fingerprint density at radius 1 is 0.929 bits per heavy atom. The lowest BCUT2D eigenvalue weighted by Gasteiger charge is -2.08. The number of methoxy groups -OCH3 is 1. The highest BCUT2D eigenvalue weighted by Crippen LogP contribution is 2.32. The van der Waals surface area contributed by atoms with Crippen LogP contribution in [0, 0.1) is 5.82 Å². The number of benzene rings is 3. The van der Waals surface area contributed by atoms with Gasteiger partial charge < -0.3 is 4.74 Å². The third kappa shape index (κ3) is 4.11. The van der Waals surface area contributed by atoms with Crippen molar-refractivity contribution in [1.82, 2.24) is 0 Å². The van der Waals surface area contributed by atoms with Gasteiger partial charge in [0.25, 0.3) is 0 Å². The van der Waals surface area contributed by atoms with Gasteiger partial charge in [0.15, 0.2) is 11.7 Å². The predicted octanol–water partition coefficient (Wildman–Crippen LogP) is 7.26. The highest BCUT2D eigenvalue weighted by molar-refractivity contribution is 5.90. The van der Waals surface area contributed by atoms with Gasteiger partial charge in [0.1, 0.15) is 11.6 Å². The smallest absolute Gasteiger partial charge is 0.166 e. The van der Waals surface area contributed by atoms with Crippen LogP contribution < -0.4 is 4.74 Å². The van der Waals surface area contributed by atoms with Crippen molar-refractivity contribution in [1.29, 1.82) is 0 Å². The second-order valence-electron chi connectivity index (χ2n) is 6.44. The minimum Gasteiger partial charge on any atom is -0.497 e. The summed E-state index contributed by atoms with van der Waals surface area (Å²) in [5.74, 6) is -1.70. The second-order valence-corrected chi connectivity index (χ2v) is 6.44. The molecule has 28 heavy (non-hydrogen) atoms. The molecule has 0 atom stereocenters. The molecule has 0 saturated carbocycles. The fraction of sp³-hybridized carbons (Fsp3) is 0.167. The van der Waals surface area contributed by atoms with E-state index < -0.39 is 11.7 Å². The molecule has 4 heteroatoms. The average molecular weight is 382 g/mol. The molecule has 0 aliphatic heterocycles. The van der Waals surface area contributed by atoms with Crippen molar-refractivity contribution < 1.29 is 17.9 Å². The van der Waals surface area contributed by atoms with Crippen LogP contribution in [0.15, 0.2) is 66.7 Å². The van der Waals surface area contributed by atoms with E-state index in [1.807, 2.05) is 19.1 Å². The fourth-order valence-corrected chi connectivity index (χ4v) is 3.06. The minimum atomic E-state index is -0.982. The van der Waals surface area contributed by atoms with Crippen molar-refractivity contribution in [2.45, 2.75) is 19.8 Å². The Morgan fingerprint density at radius 2 is 1.61 bits per heavy atom. The largest absolute Gasteiger partial charge is 0.497 e. The number of allylic oxidation sites excluding steroid dienone is 2. The van der Waals surface area contributed by atoms with Crippen LogP contribution in [0.25, 0.3) is 22.4 Å².